The maximum Gasteiger partial charge on any atom is 0.410 e. The van der Waals surface area contributed by atoms with E-state index in [4.69, 9.17) is 14.7 Å². The van der Waals surface area contributed by atoms with Crippen molar-refractivity contribution in [3.63, 3.8) is 0 Å². The number of carbonyl (C=O) groups excluding carboxylic acids is 3. The second-order valence-corrected chi connectivity index (χ2v) is 20.1. The van der Waals surface area contributed by atoms with Gasteiger partial charge in [0, 0.05) is 38.4 Å². The minimum Gasteiger partial charge on any atom is -0.465 e. The fraction of sp³-hybridized carbons (Fsp3) is 0.560. The summed E-state index contributed by atoms with van der Waals surface area (Å²) in [5.41, 5.74) is 4.67. The summed E-state index contributed by atoms with van der Waals surface area (Å²) < 4.78 is 5.64. The van der Waals surface area contributed by atoms with Crippen molar-refractivity contribution >= 4 is 24.0 Å². The van der Waals surface area contributed by atoms with Crippen LogP contribution in [0.4, 0.5) is 9.59 Å². The minimum atomic E-state index is -1.07. The molecule has 2 aliphatic heterocycles. The van der Waals surface area contributed by atoms with Crippen LogP contribution in [0.1, 0.15) is 131 Å². The number of imidazole rings is 2. The summed E-state index contributed by atoms with van der Waals surface area (Å²) in [5, 5.41) is 10.2. The van der Waals surface area contributed by atoms with E-state index in [1.807, 2.05) is 85.2 Å². The molecule has 6 atom stereocenters. The van der Waals surface area contributed by atoms with Crippen LogP contribution in [0.15, 0.2) is 60.9 Å². The van der Waals surface area contributed by atoms with Crippen molar-refractivity contribution in [2.24, 2.45) is 17.3 Å². The van der Waals surface area contributed by atoms with Gasteiger partial charge in [0.1, 0.15) is 29.3 Å². The fourth-order valence-corrected chi connectivity index (χ4v) is 9.12. The lowest BCUT2D eigenvalue weighted by atomic mass is 9.91. The van der Waals surface area contributed by atoms with Crippen LogP contribution in [-0.2, 0) is 14.3 Å². The van der Waals surface area contributed by atoms with Gasteiger partial charge in [0.25, 0.3) is 0 Å². The molecule has 64 heavy (non-hydrogen) atoms. The Morgan fingerprint density at radius 1 is 0.781 bits per heavy atom. The zero-order valence-corrected chi connectivity index (χ0v) is 39.8. The number of ether oxygens (including phenoxy) is 1. The molecule has 4 amide bonds. The number of hydrogen-bond donors (Lipinski definition) is 3. The molecule has 0 bridgehead atoms. The van der Waals surface area contributed by atoms with Crippen molar-refractivity contribution in [2.45, 2.75) is 138 Å². The van der Waals surface area contributed by atoms with Gasteiger partial charge in [-0.1, -0.05) is 110 Å². The second-order valence-electron chi connectivity index (χ2n) is 20.1. The van der Waals surface area contributed by atoms with E-state index in [-0.39, 0.29) is 47.7 Å². The largest absolute Gasteiger partial charge is 0.465 e. The third-order valence-corrected chi connectivity index (χ3v) is 12.8. The highest BCUT2D eigenvalue weighted by molar-refractivity contribution is 5.87. The van der Waals surface area contributed by atoms with Crippen LogP contribution >= 0.6 is 0 Å². The Balaban J connectivity index is 1.12. The summed E-state index contributed by atoms with van der Waals surface area (Å²) in [6, 6.07) is 14.6. The van der Waals surface area contributed by atoms with Crippen molar-refractivity contribution in [1.82, 2.24) is 39.5 Å². The van der Waals surface area contributed by atoms with Crippen molar-refractivity contribution < 1.29 is 29.0 Å². The van der Waals surface area contributed by atoms with E-state index < -0.39 is 29.9 Å². The van der Waals surface area contributed by atoms with Crippen LogP contribution in [0.25, 0.3) is 33.6 Å². The molecule has 0 radical (unpaired) electrons. The molecule has 346 valence electrons. The van der Waals surface area contributed by atoms with E-state index in [0.29, 0.717) is 25.3 Å². The van der Waals surface area contributed by atoms with E-state index >= 15 is 0 Å². The van der Waals surface area contributed by atoms with Crippen LogP contribution in [0, 0.1) is 17.3 Å². The van der Waals surface area contributed by atoms with Crippen LogP contribution in [0.3, 0.4) is 0 Å². The van der Waals surface area contributed by atoms with Gasteiger partial charge in [-0.2, -0.15) is 0 Å². The number of aromatic nitrogens is 4. The Morgan fingerprint density at radius 2 is 1.28 bits per heavy atom. The van der Waals surface area contributed by atoms with Gasteiger partial charge in [0.2, 0.25) is 11.8 Å². The van der Waals surface area contributed by atoms with Crippen LogP contribution in [0.2, 0.25) is 0 Å². The number of likely N-dealkylation sites (N-methyl/N-ethyl adjacent to an activating group) is 1. The molecule has 0 spiro atoms. The van der Waals surface area contributed by atoms with Crippen LogP contribution < -0.4 is 0 Å². The molecule has 4 heterocycles. The van der Waals surface area contributed by atoms with Gasteiger partial charge in [-0.3, -0.25) is 19.4 Å². The number of carboxylic acid groups (broad SMARTS) is 1. The van der Waals surface area contributed by atoms with Crippen LogP contribution in [0.5, 0.6) is 0 Å². The second kappa shape index (κ2) is 19.6. The number of H-pyrrole nitrogens is 2. The van der Waals surface area contributed by atoms with E-state index in [0.717, 1.165) is 71.6 Å². The zero-order valence-electron chi connectivity index (χ0n) is 39.8. The number of carbonyl (C=O) groups is 4. The lowest BCUT2D eigenvalue weighted by Gasteiger charge is -2.39. The van der Waals surface area contributed by atoms with Gasteiger partial charge in [-0.05, 0) is 80.4 Å². The number of hydrogen-bond acceptors (Lipinski definition) is 7. The summed E-state index contributed by atoms with van der Waals surface area (Å²) in [7, 11) is 1.65. The van der Waals surface area contributed by atoms with Crippen molar-refractivity contribution in [2.75, 3.05) is 26.7 Å². The number of aromatic amines is 2. The highest BCUT2D eigenvalue weighted by atomic mass is 16.6. The molecule has 6 rings (SSSR count). The number of nitrogens with zero attached hydrogens (tertiary/aromatic N) is 6. The first-order chi connectivity index (χ1) is 30.2. The Hall–Kier alpha value is -5.66. The Bertz CT molecular complexity index is 2240. The van der Waals surface area contributed by atoms with Gasteiger partial charge in [0.15, 0.2) is 0 Å². The molecule has 2 saturated heterocycles. The average molecular weight is 879 g/mol. The Morgan fingerprint density at radius 3 is 1.80 bits per heavy atom. The molecule has 2 aromatic carbocycles. The molecule has 2 unspecified atom stereocenters. The first kappa shape index (κ1) is 47.8. The van der Waals surface area contributed by atoms with Gasteiger partial charge in [-0.15, -0.1) is 0 Å². The SMILES string of the molecule is CCC(C)[C@@H](C(=O)N1CCC[C@H]1c1nc(-c2ccc(-c3ccc(-c4cnc([C@@H]5CCCN5C(=O)[C@H](C(C)CC)N(CC(C)(C)C)C(=O)O)[nH]4)cc3)cc2)c[nH]1)N(C)C(=O)OC(C)(C)C. The predicted molar refractivity (Wildman–Crippen MR) is 249 cm³/mol. The van der Waals surface area contributed by atoms with Crippen molar-refractivity contribution in [3.8, 4) is 33.6 Å². The first-order valence-corrected chi connectivity index (χ1v) is 23.1. The highest BCUT2D eigenvalue weighted by Crippen LogP contribution is 2.37. The molecular weight excluding hydrogens is 809 g/mol. The smallest absolute Gasteiger partial charge is 0.410 e. The summed E-state index contributed by atoms with van der Waals surface area (Å²) >= 11 is 0. The fourth-order valence-electron chi connectivity index (χ4n) is 9.12. The summed E-state index contributed by atoms with van der Waals surface area (Å²) in [4.78, 5) is 77.2. The first-order valence-electron chi connectivity index (χ1n) is 23.1. The van der Waals surface area contributed by atoms with Gasteiger partial charge < -0.3 is 29.6 Å². The molecule has 2 aliphatic rings. The molecule has 14 heteroatoms. The van der Waals surface area contributed by atoms with E-state index in [1.165, 1.54) is 9.80 Å². The summed E-state index contributed by atoms with van der Waals surface area (Å²) in [6.45, 7) is 20.8. The lowest BCUT2D eigenvalue weighted by molar-refractivity contribution is -0.140. The maximum absolute atomic E-state index is 14.3. The van der Waals surface area contributed by atoms with E-state index in [1.54, 1.807) is 13.2 Å². The van der Waals surface area contributed by atoms with Crippen molar-refractivity contribution in [3.05, 3.63) is 72.6 Å². The molecule has 14 nitrogen and oxygen atoms in total. The van der Waals surface area contributed by atoms with Gasteiger partial charge in [-0.25, -0.2) is 19.6 Å². The lowest BCUT2D eigenvalue weighted by Crippen LogP contribution is -2.55. The van der Waals surface area contributed by atoms with Gasteiger partial charge >= 0.3 is 12.2 Å². The predicted octanol–water partition coefficient (Wildman–Crippen LogP) is 10.2. The summed E-state index contributed by atoms with van der Waals surface area (Å²) in [6.07, 6.45) is 6.72. The standard InChI is InChI=1S/C50H70N8O6/c1-12-31(3)41(55(11)48(63)64-50(8,9)10)45(59)56-26-14-16-39(56)43-51-28-37(53-43)35-22-18-33(19-23-35)34-20-24-36(25-21-34)38-29-52-44(54-38)40-17-15-27-57(40)46(60)42(32(4)13-2)58(47(61)62)30-49(5,6)7/h18-25,28-29,31-32,39-42H,12-17,26-27,30H2,1-11H3,(H,51,53)(H,52,54)(H,61,62)/t31?,32?,39-,40-,41-,42-/m0/s1. The topological polar surface area (TPSA) is 168 Å². The molecule has 0 saturated carbocycles. The minimum absolute atomic E-state index is 0.0643. The third kappa shape index (κ3) is 10.8. The highest BCUT2D eigenvalue weighted by Gasteiger charge is 2.43. The number of rotatable bonds is 14. The molecule has 0 aliphatic carbocycles. The summed E-state index contributed by atoms with van der Waals surface area (Å²) in [5.74, 6) is 0.977. The zero-order chi connectivity index (χ0) is 46.7. The van der Waals surface area contributed by atoms with E-state index in [2.05, 4.69) is 58.5 Å². The van der Waals surface area contributed by atoms with Crippen LogP contribution in [-0.4, -0.2) is 113 Å². The molecule has 4 aromatic rings. The Labute approximate surface area is 379 Å². The van der Waals surface area contributed by atoms with E-state index in [9.17, 15) is 24.3 Å². The number of benzene rings is 2. The monoisotopic (exact) mass is 879 g/mol. The molecule has 2 fully saturated rings. The normalized spacial score (nSPS) is 18.7. The number of amides is 4. The average Bonchev–Trinajstić information content (AvgIpc) is 4.09. The number of likely N-dealkylation sites (tertiary alicyclic amines) is 2. The molecular formula is C50H70N8O6. The quantitative estimate of drug-likeness (QED) is 0.112. The van der Waals surface area contributed by atoms with Crippen molar-refractivity contribution in [1.29, 1.82) is 0 Å². The Kier molecular flexibility index (Phi) is 14.6. The number of nitrogens with one attached hydrogen (secondary N) is 2. The molecule has 2 aromatic heterocycles. The van der Waals surface area contributed by atoms with Gasteiger partial charge in [0.05, 0.1) is 29.7 Å². The third-order valence-electron chi connectivity index (χ3n) is 12.8. The maximum atomic E-state index is 14.3. The molecule has 3 N–H and O–H groups in total.